The summed E-state index contributed by atoms with van der Waals surface area (Å²) in [6.07, 6.45) is 2.78. The van der Waals surface area contributed by atoms with Gasteiger partial charge >= 0.3 is 0 Å². The standard InChI is InChI=1S/C14H17ClN2O/c1-2-9-17-13(7-8-16-17)14(18)10-11-3-5-12(15)6-4-11/h3-8,14,18H,2,9-10H2,1H3. The molecule has 2 rings (SSSR count). The number of hydrogen-bond acceptors (Lipinski definition) is 2. The van der Waals surface area contributed by atoms with Gasteiger partial charge in [-0.3, -0.25) is 4.68 Å². The minimum atomic E-state index is -0.528. The minimum absolute atomic E-state index is 0.528. The van der Waals surface area contributed by atoms with Crippen molar-refractivity contribution in [1.29, 1.82) is 0 Å². The van der Waals surface area contributed by atoms with Crippen LogP contribution in [0.1, 0.15) is 30.7 Å². The highest BCUT2D eigenvalue weighted by atomic mass is 35.5. The second-order valence-electron chi connectivity index (χ2n) is 4.33. The summed E-state index contributed by atoms with van der Waals surface area (Å²) in [6.45, 7) is 2.93. The highest BCUT2D eigenvalue weighted by Gasteiger charge is 2.13. The van der Waals surface area contributed by atoms with Crippen LogP contribution in [0.25, 0.3) is 0 Å². The molecule has 1 aromatic carbocycles. The number of halogens is 1. The highest BCUT2D eigenvalue weighted by Crippen LogP contribution is 2.19. The number of rotatable bonds is 5. The molecule has 0 radical (unpaired) electrons. The molecule has 0 fully saturated rings. The van der Waals surface area contributed by atoms with Gasteiger partial charge in [-0.1, -0.05) is 30.7 Å². The topological polar surface area (TPSA) is 38.0 Å². The zero-order chi connectivity index (χ0) is 13.0. The van der Waals surface area contributed by atoms with Crippen molar-refractivity contribution in [3.05, 3.63) is 52.8 Å². The first kappa shape index (κ1) is 13.1. The van der Waals surface area contributed by atoms with E-state index >= 15 is 0 Å². The largest absolute Gasteiger partial charge is 0.386 e. The molecule has 1 unspecified atom stereocenters. The molecule has 0 aliphatic heterocycles. The van der Waals surface area contributed by atoms with Crippen LogP contribution in [0, 0.1) is 0 Å². The first-order valence-electron chi connectivity index (χ1n) is 6.15. The van der Waals surface area contributed by atoms with E-state index in [1.807, 2.05) is 35.0 Å². The Morgan fingerprint density at radius 1 is 1.28 bits per heavy atom. The average Bonchev–Trinajstić information content (AvgIpc) is 2.81. The number of aliphatic hydroxyl groups is 1. The van der Waals surface area contributed by atoms with Crippen molar-refractivity contribution in [3.8, 4) is 0 Å². The SMILES string of the molecule is CCCn1nccc1C(O)Cc1ccc(Cl)cc1. The van der Waals surface area contributed by atoms with Gasteiger partial charge in [0.2, 0.25) is 0 Å². The molecule has 2 aromatic rings. The fourth-order valence-electron chi connectivity index (χ4n) is 1.97. The summed E-state index contributed by atoms with van der Waals surface area (Å²) in [4.78, 5) is 0. The normalized spacial score (nSPS) is 12.6. The molecular formula is C14H17ClN2O. The van der Waals surface area contributed by atoms with E-state index in [0.717, 1.165) is 24.2 Å². The molecule has 0 spiro atoms. The molecule has 1 atom stereocenters. The fraction of sp³-hybridized carbons (Fsp3) is 0.357. The van der Waals surface area contributed by atoms with Crippen LogP contribution in [0.5, 0.6) is 0 Å². The van der Waals surface area contributed by atoms with Crippen molar-refractivity contribution in [1.82, 2.24) is 9.78 Å². The van der Waals surface area contributed by atoms with Crippen LogP contribution in [-0.4, -0.2) is 14.9 Å². The third-order valence-electron chi connectivity index (χ3n) is 2.87. The fourth-order valence-corrected chi connectivity index (χ4v) is 2.10. The van der Waals surface area contributed by atoms with Crippen molar-refractivity contribution in [2.45, 2.75) is 32.4 Å². The molecule has 3 nitrogen and oxygen atoms in total. The first-order valence-corrected chi connectivity index (χ1v) is 6.52. The second kappa shape index (κ2) is 6.03. The minimum Gasteiger partial charge on any atom is -0.386 e. The van der Waals surface area contributed by atoms with Gasteiger partial charge in [0.15, 0.2) is 0 Å². The Labute approximate surface area is 112 Å². The van der Waals surface area contributed by atoms with Gasteiger partial charge in [-0.15, -0.1) is 0 Å². The number of aryl methyl sites for hydroxylation is 1. The third-order valence-corrected chi connectivity index (χ3v) is 3.12. The maximum atomic E-state index is 10.2. The molecule has 0 aliphatic carbocycles. The summed E-state index contributed by atoms with van der Waals surface area (Å²) in [6, 6.07) is 9.42. The van der Waals surface area contributed by atoms with E-state index in [2.05, 4.69) is 12.0 Å². The summed E-state index contributed by atoms with van der Waals surface area (Å²) >= 11 is 5.84. The van der Waals surface area contributed by atoms with Crippen LogP contribution in [0.2, 0.25) is 5.02 Å². The molecule has 18 heavy (non-hydrogen) atoms. The van der Waals surface area contributed by atoms with Crippen molar-refractivity contribution in [2.24, 2.45) is 0 Å². The molecule has 1 heterocycles. The summed E-state index contributed by atoms with van der Waals surface area (Å²) in [5.41, 5.74) is 1.93. The molecule has 1 N–H and O–H groups in total. The van der Waals surface area contributed by atoms with Gasteiger partial charge in [0, 0.05) is 24.2 Å². The van der Waals surface area contributed by atoms with Gasteiger partial charge in [-0.25, -0.2) is 0 Å². The van der Waals surface area contributed by atoms with Gasteiger partial charge in [-0.05, 0) is 30.2 Å². The van der Waals surface area contributed by atoms with Crippen molar-refractivity contribution < 1.29 is 5.11 Å². The molecule has 96 valence electrons. The molecule has 4 heteroatoms. The lowest BCUT2D eigenvalue weighted by molar-refractivity contribution is 0.166. The number of aromatic nitrogens is 2. The molecule has 0 saturated heterocycles. The molecule has 0 bridgehead atoms. The number of nitrogens with zero attached hydrogens (tertiary/aromatic N) is 2. The maximum Gasteiger partial charge on any atom is 0.0996 e. The van der Waals surface area contributed by atoms with E-state index in [9.17, 15) is 5.11 Å². The first-order chi connectivity index (χ1) is 8.70. The van der Waals surface area contributed by atoms with Gasteiger partial charge in [0.25, 0.3) is 0 Å². The lowest BCUT2D eigenvalue weighted by Crippen LogP contribution is -2.11. The van der Waals surface area contributed by atoms with Gasteiger partial charge < -0.3 is 5.11 Å². The molecule has 0 amide bonds. The Balaban J connectivity index is 2.09. The van der Waals surface area contributed by atoms with Gasteiger partial charge in [0.05, 0.1) is 11.8 Å². The summed E-state index contributed by atoms with van der Waals surface area (Å²) in [5.74, 6) is 0. The quantitative estimate of drug-likeness (QED) is 0.900. The van der Waals surface area contributed by atoms with Crippen LogP contribution in [-0.2, 0) is 13.0 Å². The number of hydrogen-bond donors (Lipinski definition) is 1. The lowest BCUT2D eigenvalue weighted by Gasteiger charge is -2.13. The Kier molecular flexibility index (Phi) is 4.39. The van der Waals surface area contributed by atoms with Crippen molar-refractivity contribution >= 4 is 11.6 Å². The Morgan fingerprint density at radius 3 is 2.67 bits per heavy atom. The zero-order valence-electron chi connectivity index (χ0n) is 10.4. The summed E-state index contributed by atoms with van der Waals surface area (Å²) < 4.78 is 1.86. The van der Waals surface area contributed by atoms with E-state index in [-0.39, 0.29) is 0 Å². The molecular weight excluding hydrogens is 248 g/mol. The average molecular weight is 265 g/mol. The van der Waals surface area contributed by atoms with E-state index in [1.54, 1.807) is 6.20 Å². The zero-order valence-corrected chi connectivity index (χ0v) is 11.1. The predicted molar refractivity (Wildman–Crippen MR) is 72.6 cm³/mol. The Bertz CT molecular complexity index is 493. The van der Waals surface area contributed by atoms with Gasteiger partial charge in [-0.2, -0.15) is 5.10 Å². The van der Waals surface area contributed by atoms with E-state index in [0.29, 0.717) is 11.4 Å². The number of aliphatic hydroxyl groups excluding tert-OH is 1. The summed E-state index contributed by atoms with van der Waals surface area (Å²) in [7, 11) is 0. The monoisotopic (exact) mass is 264 g/mol. The van der Waals surface area contributed by atoms with Crippen LogP contribution in [0.15, 0.2) is 36.5 Å². The van der Waals surface area contributed by atoms with Crippen LogP contribution >= 0.6 is 11.6 Å². The predicted octanol–water partition coefficient (Wildman–Crippen LogP) is 3.22. The number of benzene rings is 1. The lowest BCUT2D eigenvalue weighted by atomic mass is 10.1. The summed E-state index contributed by atoms with van der Waals surface area (Å²) in [5, 5.41) is 15.2. The molecule has 0 aliphatic rings. The Morgan fingerprint density at radius 2 is 2.00 bits per heavy atom. The van der Waals surface area contributed by atoms with Crippen LogP contribution in [0.3, 0.4) is 0 Å². The van der Waals surface area contributed by atoms with E-state index in [1.165, 1.54) is 0 Å². The second-order valence-corrected chi connectivity index (χ2v) is 4.76. The molecule has 1 aromatic heterocycles. The van der Waals surface area contributed by atoms with Crippen molar-refractivity contribution in [3.63, 3.8) is 0 Å². The van der Waals surface area contributed by atoms with Crippen LogP contribution in [0.4, 0.5) is 0 Å². The van der Waals surface area contributed by atoms with Crippen molar-refractivity contribution in [2.75, 3.05) is 0 Å². The van der Waals surface area contributed by atoms with E-state index < -0.39 is 6.10 Å². The Hall–Kier alpha value is -1.32. The maximum absolute atomic E-state index is 10.2. The molecule has 0 saturated carbocycles. The smallest absolute Gasteiger partial charge is 0.0996 e. The van der Waals surface area contributed by atoms with E-state index in [4.69, 9.17) is 11.6 Å². The highest BCUT2D eigenvalue weighted by molar-refractivity contribution is 6.30. The van der Waals surface area contributed by atoms with Gasteiger partial charge in [0.1, 0.15) is 0 Å². The third kappa shape index (κ3) is 3.12. The van der Waals surface area contributed by atoms with Crippen LogP contribution < -0.4 is 0 Å².